The third kappa shape index (κ3) is 7.49. The second kappa shape index (κ2) is 14.0. The van der Waals surface area contributed by atoms with Crippen molar-refractivity contribution in [3.05, 3.63) is 94.9 Å². The van der Waals surface area contributed by atoms with Crippen LogP contribution in [0, 0.1) is 0 Å². The van der Waals surface area contributed by atoms with E-state index in [9.17, 15) is 9.59 Å². The maximum atomic E-state index is 13.2. The number of carbonyl (C=O) groups excluding carboxylic acids is 2. The van der Waals surface area contributed by atoms with Crippen LogP contribution < -0.4 is 14.4 Å². The minimum atomic E-state index is -0.0889. The maximum Gasteiger partial charge on any atom is 0.266 e. The lowest BCUT2D eigenvalue weighted by atomic mass is 10.1. The first-order valence-corrected chi connectivity index (χ1v) is 14.1. The zero-order valence-corrected chi connectivity index (χ0v) is 23.8. The predicted molar refractivity (Wildman–Crippen MR) is 162 cm³/mol. The van der Waals surface area contributed by atoms with Crippen LogP contribution in [0.5, 0.6) is 11.5 Å². The molecule has 1 heterocycles. The first kappa shape index (κ1) is 28.4. The fourth-order valence-electron chi connectivity index (χ4n) is 4.34. The molecule has 0 atom stereocenters. The number of thiocarbonyl (C=S) groups is 1. The van der Waals surface area contributed by atoms with Crippen molar-refractivity contribution >= 4 is 51.9 Å². The molecule has 0 unspecified atom stereocenters. The van der Waals surface area contributed by atoms with Crippen LogP contribution in [0.4, 0.5) is 5.69 Å². The first-order chi connectivity index (χ1) is 19.0. The minimum Gasteiger partial charge on any atom is -0.493 e. The van der Waals surface area contributed by atoms with Gasteiger partial charge in [0.2, 0.25) is 5.91 Å². The van der Waals surface area contributed by atoms with Gasteiger partial charge in [-0.15, -0.1) is 0 Å². The van der Waals surface area contributed by atoms with Gasteiger partial charge in [0.05, 0.1) is 25.7 Å². The summed E-state index contributed by atoms with van der Waals surface area (Å²) in [4.78, 5) is 30.3. The van der Waals surface area contributed by atoms with E-state index in [0.29, 0.717) is 40.2 Å². The summed E-state index contributed by atoms with van der Waals surface area (Å²) in [5.74, 6) is 1.24. The van der Waals surface area contributed by atoms with E-state index in [-0.39, 0.29) is 11.8 Å². The van der Waals surface area contributed by atoms with E-state index < -0.39 is 0 Å². The fraction of sp³-hybridized carbons (Fsp3) is 0.258. The zero-order valence-electron chi connectivity index (χ0n) is 22.2. The van der Waals surface area contributed by atoms with Crippen LogP contribution in [0.2, 0.25) is 0 Å². The number of thioether (sulfide) groups is 1. The van der Waals surface area contributed by atoms with Gasteiger partial charge in [-0.3, -0.25) is 14.5 Å². The summed E-state index contributed by atoms with van der Waals surface area (Å²) in [5, 5.41) is 0. The van der Waals surface area contributed by atoms with Crippen LogP contribution in [0.1, 0.15) is 36.8 Å². The normalized spacial score (nSPS) is 14.1. The topological polar surface area (TPSA) is 59.1 Å². The molecule has 4 rings (SSSR count). The van der Waals surface area contributed by atoms with Gasteiger partial charge in [0.15, 0.2) is 11.5 Å². The number of carbonyl (C=O) groups is 2. The highest BCUT2D eigenvalue weighted by Gasteiger charge is 2.31. The Morgan fingerprint density at radius 2 is 1.62 bits per heavy atom. The van der Waals surface area contributed by atoms with Crippen LogP contribution in [-0.2, 0) is 16.1 Å². The van der Waals surface area contributed by atoms with Gasteiger partial charge in [0, 0.05) is 18.7 Å². The van der Waals surface area contributed by atoms with Gasteiger partial charge in [-0.1, -0.05) is 85.0 Å². The van der Waals surface area contributed by atoms with Gasteiger partial charge in [-0.05, 0) is 54.3 Å². The average Bonchev–Trinajstić information content (AvgIpc) is 3.23. The van der Waals surface area contributed by atoms with E-state index in [1.165, 1.54) is 11.8 Å². The highest BCUT2D eigenvalue weighted by atomic mass is 32.2. The van der Waals surface area contributed by atoms with Crippen molar-refractivity contribution in [2.45, 2.75) is 32.2 Å². The van der Waals surface area contributed by atoms with Crippen LogP contribution in [0.25, 0.3) is 6.08 Å². The quantitative estimate of drug-likeness (QED) is 0.140. The Morgan fingerprint density at radius 3 is 2.31 bits per heavy atom. The van der Waals surface area contributed by atoms with Gasteiger partial charge < -0.3 is 14.4 Å². The summed E-state index contributed by atoms with van der Waals surface area (Å²) in [6.07, 6.45) is 4.61. The second-order valence-corrected chi connectivity index (χ2v) is 10.7. The maximum absolute atomic E-state index is 13.2. The molecule has 202 valence electrons. The molecule has 0 saturated carbocycles. The number of rotatable bonds is 12. The Morgan fingerprint density at radius 1 is 0.923 bits per heavy atom. The van der Waals surface area contributed by atoms with E-state index in [0.717, 1.165) is 36.1 Å². The molecule has 1 fully saturated rings. The molecule has 0 aromatic heterocycles. The van der Waals surface area contributed by atoms with E-state index in [4.69, 9.17) is 21.7 Å². The number of anilines is 1. The van der Waals surface area contributed by atoms with Gasteiger partial charge in [-0.2, -0.15) is 0 Å². The lowest BCUT2D eigenvalue weighted by Crippen LogP contribution is -2.30. The van der Waals surface area contributed by atoms with Crippen molar-refractivity contribution in [1.29, 1.82) is 0 Å². The predicted octanol–water partition coefficient (Wildman–Crippen LogP) is 6.70. The molecule has 0 aliphatic carbocycles. The van der Waals surface area contributed by atoms with Gasteiger partial charge >= 0.3 is 0 Å². The summed E-state index contributed by atoms with van der Waals surface area (Å²) >= 11 is 6.80. The molecule has 0 N–H and O–H groups in total. The summed E-state index contributed by atoms with van der Waals surface area (Å²) in [5.41, 5.74) is 2.82. The molecule has 0 spiro atoms. The highest BCUT2D eigenvalue weighted by molar-refractivity contribution is 8.26. The van der Waals surface area contributed by atoms with Gasteiger partial charge in [0.1, 0.15) is 4.32 Å². The number of benzene rings is 3. The summed E-state index contributed by atoms with van der Waals surface area (Å²) in [6, 6.07) is 25.3. The molecule has 2 amide bonds. The standard InChI is InChI=1S/C31H32N2O4S2/c1-36-26-18-17-24(20-27(26)37-2)21-28-30(35)32(31(38)39-28)19-11-5-10-16-29(34)33(25-14-8-4-9-15-25)22-23-12-6-3-7-13-23/h3-4,6-9,12-15,17-18,20-21H,5,10-11,16,19,22H2,1-2H3. The van der Waals surface area contributed by atoms with Crippen molar-refractivity contribution < 1.29 is 19.1 Å². The lowest BCUT2D eigenvalue weighted by Gasteiger charge is -2.23. The molecule has 8 heteroatoms. The highest BCUT2D eigenvalue weighted by Crippen LogP contribution is 2.35. The number of para-hydroxylation sites is 1. The smallest absolute Gasteiger partial charge is 0.266 e. The minimum absolute atomic E-state index is 0.0889. The monoisotopic (exact) mass is 560 g/mol. The molecule has 1 saturated heterocycles. The van der Waals surface area contributed by atoms with E-state index >= 15 is 0 Å². The molecule has 39 heavy (non-hydrogen) atoms. The van der Waals surface area contributed by atoms with E-state index in [1.807, 2.05) is 89.8 Å². The van der Waals surface area contributed by atoms with Crippen LogP contribution in [0.15, 0.2) is 83.8 Å². The molecule has 3 aromatic rings. The summed E-state index contributed by atoms with van der Waals surface area (Å²) < 4.78 is 11.2. The SMILES string of the molecule is COc1ccc(C=C2SC(=S)N(CCCCCC(=O)N(Cc3ccccc3)c3ccccc3)C2=O)cc1OC. The van der Waals surface area contributed by atoms with E-state index in [2.05, 4.69) is 0 Å². The number of hydrogen-bond acceptors (Lipinski definition) is 6. The molecular formula is C31H32N2O4S2. The Balaban J connectivity index is 1.29. The number of hydrogen-bond donors (Lipinski definition) is 0. The lowest BCUT2D eigenvalue weighted by molar-refractivity contribution is -0.122. The van der Waals surface area contributed by atoms with Crippen molar-refractivity contribution in [2.75, 3.05) is 25.7 Å². The summed E-state index contributed by atoms with van der Waals surface area (Å²) in [7, 11) is 3.17. The number of ether oxygens (including phenoxy) is 2. The van der Waals surface area contributed by atoms with Crippen molar-refractivity contribution in [2.24, 2.45) is 0 Å². The molecule has 3 aromatic carbocycles. The summed E-state index contributed by atoms with van der Waals surface area (Å²) in [6.45, 7) is 1.07. The van der Waals surface area contributed by atoms with Crippen LogP contribution >= 0.6 is 24.0 Å². The molecule has 0 radical (unpaired) electrons. The Kier molecular flexibility index (Phi) is 10.2. The van der Waals surface area contributed by atoms with Crippen molar-refractivity contribution in [3.63, 3.8) is 0 Å². The fourth-order valence-corrected chi connectivity index (χ4v) is 5.65. The van der Waals surface area contributed by atoms with Crippen LogP contribution in [0.3, 0.4) is 0 Å². The van der Waals surface area contributed by atoms with Crippen LogP contribution in [-0.4, -0.2) is 41.8 Å². The third-order valence-electron chi connectivity index (χ3n) is 6.40. The number of unbranched alkanes of at least 4 members (excludes halogenated alkanes) is 2. The molecule has 0 bridgehead atoms. The zero-order chi connectivity index (χ0) is 27.6. The molecule has 1 aliphatic heterocycles. The van der Waals surface area contributed by atoms with Crippen molar-refractivity contribution in [1.82, 2.24) is 4.90 Å². The Labute approximate surface area is 239 Å². The Bertz CT molecular complexity index is 1330. The first-order valence-electron chi connectivity index (χ1n) is 12.9. The number of nitrogens with zero attached hydrogens (tertiary/aromatic N) is 2. The molecule has 1 aliphatic rings. The largest absolute Gasteiger partial charge is 0.493 e. The molecular weight excluding hydrogens is 528 g/mol. The van der Waals surface area contributed by atoms with Gasteiger partial charge in [0.25, 0.3) is 5.91 Å². The van der Waals surface area contributed by atoms with E-state index in [1.54, 1.807) is 19.1 Å². The second-order valence-electron chi connectivity index (χ2n) is 9.06. The third-order valence-corrected chi connectivity index (χ3v) is 7.78. The van der Waals surface area contributed by atoms with Crippen molar-refractivity contribution in [3.8, 4) is 11.5 Å². The average molecular weight is 561 g/mol. The van der Waals surface area contributed by atoms with Gasteiger partial charge in [-0.25, -0.2) is 0 Å². The molecule has 6 nitrogen and oxygen atoms in total. The number of methoxy groups -OCH3 is 2. The Hall–Kier alpha value is -3.62. The number of amides is 2.